The van der Waals surface area contributed by atoms with Crippen LogP contribution in [0.25, 0.3) is 0 Å². The van der Waals surface area contributed by atoms with E-state index < -0.39 is 10.0 Å². The van der Waals surface area contributed by atoms with Crippen LogP contribution in [-0.4, -0.2) is 44.3 Å². The average molecular weight is 482 g/mol. The molecule has 3 aromatic rings. The second-order valence-corrected chi connectivity index (χ2v) is 10.2. The van der Waals surface area contributed by atoms with Crippen LogP contribution in [0, 0.1) is 13.8 Å². The van der Waals surface area contributed by atoms with Gasteiger partial charge in [0.2, 0.25) is 0 Å². The summed E-state index contributed by atoms with van der Waals surface area (Å²) in [5, 5.41) is 2.96. The van der Waals surface area contributed by atoms with Crippen LogP contribution < -0.4 is 10.0 Å². The Morgan fingerprint density at radius 3 is 2.41 bits per heavy atom. The maximum absolute atomic E-state index is 13.1. The van der Waals surface area contributed by atoms with Crippen LogP contribution in [0.15, 0.2) is 70.2 Å². The van der Waals surface area contributed by atoms with Crippen LogP contribution in [0.4, 0.5) is 5.69 Å². The van der Waals surface area contributed by atoms with Gasteiger partial charge in [0.15, 0.2) is 5.76 Å². The van der Waals surface area contributed by atoms with Gasteiger partial charge in [0.05, 0.1) is 11.2 Å². The lowest BCUT2D eigenvalue weighted by atomic mass is 10.0. The largest absolute Gasteiger partial charge is 0.459 e. The molecular weight excluding hydrogens is 454 g/mol. The number of anilines is 1. The molecule has 2 heterocycles. The van der Waals surface area contributed by atoms with E-state index in [9.17, 15) is 18.0 Å². The topological polar surface area (TPSA) is 109 Å². The van der Waals surface area contributed by atoms with Gasteiger partial charge in [0, 0.05) is 35.9 Å². The van der Waals surface area contributed by atoms with Crippen molar-refractivity contribution in [3.8, 4) is 0 Å². The second kappa shape index (κ2) is 9.72. The van der Waals surface area contributed by atoms with Gasteiger partial charge >= 0.3 is 0 Å². The molecule has 2 aromatic carbocycles. The molecule has 1 aliphatic heterocycles. The lowest BCUT2D eigenvalue weighted by Gasteiger charge is -2.32. The van der Waals surface area contributed by atoms with Crippen molar-refractivity contribution < 1.29 is 22.4 Å². The fourth-order valence-electron chi connectivity index (χ4n) is 3.98. The summed E-state index contributed by atoms with van der Waals surface area (Å²) in [6, 6.07) is 14.8. The zero-order chi connectivity index (χ0) is 24.3. The Kier molecular flexibility index (Phi) is 6.74. The van der Waals surface area contributed by atoms with Gasteiger partial charge in [-0.25, -0.2) is 8.42 Å². The van der Waals surface area contributed by atoms with E-state index in [1.165, 1.54) is 18.4 Å². The van der Waals surface area contributed by atoms with Gasteiger partial charge in [-0.3, -0.25) is 14.3 Å². The van der Waals surface area contributed by atoms with Crippen molar-refractivity contribution in [2.24, 2.45) is 0 Å². The van der Waals surface area contributed by atoms with Crippen LogP contribution in [0.2, 0.25) is 0 Å². The molecule has 8 nitrogen and oxygen atoms in total. The van der Waals surface area contributed by atoms with Gasteiger partial charge in [0.1, 0.15) is 0 Å². The third kappa shape index (κ3) is 5.31. The molecule has 2 N–H and O–H groups in total. The van der Waals surface area contributed by atoms with E-state index in [0.717, 1.165) is 11.1 Å². The second-order valence-electron chi connectivity index (χ2n) is 8.48. The Morgan fingerprint density at radius 1 is 1.00 bits per heavy atom. The number of aryl methyl sites for hydroxylation is 2. The molecule has 178 valence electrons. The number of rotatable bonds is 6. The van der Waals surface area contributed by atoms with Crippen molar-refractivity contribution >= 4 is 27.5 Å². The van der Waals surface area contributed by atoms with Gasteiger partial charge < -0.3 is 14.6 Å². The van der Waals surface area contributed by atoms with Gasteiger partial charge in [-0.15, -0.1) is 0 Å². The number of benzene rings is 2. The van der Waals surface area contributed by atoms with Crippen molar-refractivity contribution in [3.63, 3.8) is 0 Å². The molecule has 2 amide bonds. The maximum atomic E-state index is 13.1. The van der Waals surface area contributed by atoms with E-state index in [2.05, 4.69) is 10.0 Å². The van der Waals surface area contributed by atoms with Gasteiger partial charge in [0.25, 0.3) is 21.8 Å². The summed E-state index contributed by atoms with van der Waals surface area (Å²) in [6.07, 6.45) is 2.69. The zero-order valence-electron chi connectivity index (χ0n) is 19.1. The van der Waals surface area contributed by atoms with E-state index in [1.807, 2.05) is 19.9 Å². The number of carbonyl (C=O) groups is 2. The van der Waals surface area contributed by atoms with Crippen LogP contribution >= 0.6 is 0 Å². The van der Waals surface area contributed by atoms with Crippen molar-refractivity contribution in [1.82, 2.24) is 10.2 Å². The highest BCUT2D eigenvalue weighted by Gasteiger charge is 2.26. The lowest BCUT2D eigenvalue weighted by Crippen LogP contribution is -2.46. The van der Waals surface area contributed by atoms with Crippen LogP contribution in [-0.2, 0) is 10.0 Å². The molecule has 0 aliphatic carbocycles. The number of hydrogen-bond acceptors (Lipinski definition) is 5. The standard InChI is InChI=1S/C25H27N3O5S/c1-17-5-3-7-21(15-17)27-34(31,32)22-8-4-6-19(16-22)25(30)28-12-9-20(10-13-28)26-24(29)23-18(2)11-14-33-23/h3-8,11,14-16,20,27H,9-10,12-13H2,1-2H3,(H,26,29). The minimum absolute atomic E-state index is 0.0239. The van der Waals surface area contributed by atoms with Gasteiger partial charge in [-0.2, -0.15) is 0 Å². The molecule has 0 spiro atoms. The molecule has 0 saturated carbocycles. The van der Waals surface area contributed by atoms with Crippen molar-refractivity contribution in [3.05, 3.63) is 83.3 Å². The summed E-state index contributed by atoms with van der Waals surface area (Å²) in [5.41, 5.74) is 2.48. The SMILES string of the molecule is Cc1cccc(NS(=O)(=O)c2cccc(C(=O)N3CCC(NC(=O)c4occc4C)CC3)c2)c1. The summed E-state index contributed by atoms with van der Waals surface area (Å²) < 4.78 is 33.5. The predicted octanol–water partition coefficient (Wildman–Crippen LogP) is 3.73. The Balaban J connectivity index is 1.39. The average Bonchev–Trinajstić information content (AvgIpc) is 3.25. The number of sulfonamides is 1. The molecule has 4 rings (SSSR count). The lowest BCUT2D eigenvalue weighted by molar-refractivity contribution is 0.0695. The van der Waals surface area contributed by atoms with E-state index in [-0.39, 0.29) is 22.8 Å². The number of carbonyl (C=O) groups excluding carboxylic acids is 2. The third-order valence-corrected chi connectivity index (χ3v) is 7.23. The molecule has 1 saturated heterocycles. The highest BCUT2D eigenvalue weighted by atomic mass is 32.2. The first kappa shape index (κ1) is 23.6. The van der Waals surface area contributed by atoms with Gasteiger partial charge in [-0.05, 0) is 68.7 Å². The normalized spacial score (nSPS) is 14.6. The Hall–Kier alpha value is -3.59. The van der Waals surface area contributed by atoms with Crippen LogP contribution in [0.1, 0.15) is 44.9 Å². The molecule has 1 aromatic heterocycles. The number of amides is 2. The van der Waals surface area contributed by atoms with Crippen molar-refractivity contribution in [2.75, 3.05) is 17.8 Å². The monoisotopic (exact) mass is 481 g/mol. The highest BCUT2D eigenvalue weighted by Crippen LogP contribution is 2.20. The minimum atomic E-state index is -3.84. The van der Waals surface area contributed by atoms with E-state index in [0.29, 0.717) is 42.9 Å². The number of nitrogens with zero attached hydrogens (tertiary/aromatic N) is 1. The molecule has 0 unspecified atom stereocenters. The molecule has 9 heteroatoms. The maximum Gasteiger partial charge on any atom is 0.287 e. The number of piperidine rings is 1. The first-order valence-corrected chi connectivity index (χ1v) is 12.5. The Bertz CT molecular complexity index is 1310. The molecule has 0 bridgehead atoms. The highest BCUT2D eigenvalue weighted by molar-refractivity contribution is 7.92. The molecule has 1 aliphatic rings. The quantitative estimate of drug-likeness (QED) is 0.558. The fourth-order valence-corrected chi connectivity index (χ4v) is 5.08. The minimum Gasteiger partial charge on any atom is -0.459 e. The van der Waals surface area contributed by atoms with E-state index >= 15 is 0 Å². The summed E-state index contributed by atoms with van der Waals surface area (Å²) in [5.74, 6) is -0.193. The van der Waals surface area contributed by atoms with Crippen LogP contribution in [0.3, 0.4) is 0 Å². The Morgan fingerprint density at radius 2 is 1.74 bits per heavy atom. The molecule has 0 radical (unpaired) electrons. The fraction of sp³-hybridized carbons (Fsp3) is 0.280. The molecule has 34 heavy (non-hydrogen) atoms. The van der Waals surface area contributed by atoms with E-state index in [1.54, 1.807) is 41.3 Å². The number of hydrogen-bond donors (Lipinski definition) is 2. The van der Waals surface area contributed by atoms with Crippen molar-refractivity contribution in [1.29, 1.82) is 0 Å². The number of likely N-dealkylation sites (tertiary alicyclic amines) is 1. The summed E-state index contributed by atoms with van der Waals surface area (Å²) in [6.45, 7) is 4.60. The van der Waals surface area contributed by atoms with E-state index in [4.69, 9.17) is 4.42 Å². The molecular formula is C25H27N3O5S. The third-order valence-electron chi connectivity index (χ3n) is 5.85. The smallest absolute Gasteiger partial charge is 0.287 e. The first-order valence-electron chi connectivity index (χ1n) is 11.1. The predicted molar refractivity (Wildman–Crippen MR) is 128 cm³/mol. The Labute approximate surface area is 199 Å². The summed E-state index contributed by atoms with van der Waals surface area (Å²) >= 11 is 0. The summed E-state index contributed by atoms with van der Waals surface area (Å²) in [7, 11) is -3.84. The molecule has 0 atom stereocenters. The first-order chi connectivity index (χ1) is 16.2. The number of nitrogens with one attached hydrogen (secondary N) is 2. The zero-order valence-corrected chi connectivity index (χ0v) is 19.9. The molecule has 1 fully saturated rings. The van der Waals surface area contributed by atoms with Gasteiger partial charge in [-0.1, -0.05) is 18.2 Å². The number of furan rings is 1. The van der Waals surface area contributed by atoms with Crippen LogP contribution in [0.5, 0.6) is 0 Å². The summed E-state index contributed by atoms with van der Waals surface area (Å²) in [4.78, 5) is 27.1. The van der Waals surface area contributed by atoms with Crippen molar-refractivity contribution in [2.45, 2.75) is 37.6 Å².